The van der Waals surface area contributed by atoms with Crippen molar-refractivity contribution in [2.75, 3.05) is 13.1 Å². The summed E-state index contributed by atoms with van der Waals surface area (Å²) in [5.41, 5.74) is 4.17. The highest BCUT2D eigenvalue weighted by atomic mass is 15.1. The van der Waals surface area contributed by atoms with Gasteiger partial charge in [-0.25, -0.2) is 0 Å². The van der Waals surface area contributed by atoms with Gasteiger partial charge in [0, 0.05) is 23.6 Å². The van der Waals surface area contributed by atoms with Gasteiger partial charge in [-0.2, -0.15) is 0 Å². The minimum Gasteiger partial charge on any atom is -0.361 e. The molecule has 2 aromatic carbocycles. The van der Waals surface area contributed by atoms with Gasteiger partial charge < -0.3 is 4.98 Å². The molecule has 2 heterocycles. The minimum atomic E-state index is 0.844. The number of nitrogens with zero attached hydrogens (tertiary/aromatic N) is 1. The molecule has 23 heavy (non-hydrogen) atoms. The monoisotopic (exact) mass is 304 g/mol. The smallest absolute Gasteiger partial charge is 0.0457 e. The summed E-state index contributed by atoms with van der Waals surface area (Å²) in [4.78, 5) is 6.00. The van der Waals surface area contributed by atoms with Crippen LogP contribution in [0.3, 0.4) is 0 Å². The molecule has 1 aliphatic heterocycles. The zero-order chi connectivity index (χ0) is 15.5. The second-order valence-corrected chi connectivity index (χ2v) is 6.77. The number of benzene rings is 2. The van der Waals surface area contributed by atoms with Crippen LogP contribution in [0.15, 0.2) is 60.8 Å². The topological polar surface area (TPSA) is 19.0 Å². The molecule has 0 atom stereocenters. The van der Waals surface area contributed by atoms with Crippen molar-refractivity contribution in [2.24, 2.45) is 5.92 Å². The van der Waals surface area contributed by atoms with E-state index in [9.17, 15) is 0 Å². The molecule has 0 saturated carbocycles. The molecule has 0 amide bonds. The van der Waals surface area contributed by atoms with Gasteiger partial charge in [0.15, 0.2) is 0 Å². The van der Waals surface area contributed by atoms with Crippen LogP contribution in [0.1, 0.15) is 24.0 Å². The molecule has 1 N–H and O–H groups in total. The molecule has 0 unspecified atom stereocenters. The number of likely N-dealkylation sites (tertiary alicyclic amines) is 1. The molecule has 1 aromatic heterocycles. The van der Waals surface area contributed by atoms with Crippen molar-refractivity contribution in [1.82, 2.24) is 9.88 Å². The SMILES string of the molecule is c1ccc(CC2CCN(Cc3c[nH]c4ccccc34)CC2)cc1. The first-order valence-electron chi connectivity index (χ1n) is 8.70. The fraction of sp³-hybridized carbons (Fsp3) is 0.333. The summed E-state index contributed by atoms with van der Waals surface area (Å²) in [5, 5.41) is 1.37. The number of fused-ring (bicyclic) bond motifs is 1. The molecule has 2 nitrogen and oxygen atoms in total. The van der Waals surface area contributed by atoms with Crippen molar-refractivity contribution in [3.05, 3.63) is 71.9 Å². The largest absolute Gasteiger partial charge is 0.361 e. The number of aromatic nitrogens is 1. The molecule has 2 heteroatoms. The van der Waals surface area contributed by atoms with Gasteiger partial charge in [0.25, 0.3) is 0 Å². The van der Waals surface area contributed by atoms with Gasteiger partial charge in [0.05, 0.1) is 0 Å². The van der Waals surface area contributed by atoms with E-state index in [2.05, 4.69) is 70.7 Å². The van der Waals surface area contributed by atoms with Crippen LogP contribution in [0.2, 0.25) is 0 Å². The van der Waals surface area contributed by atoms with Crippen molar-refractivity contribution in [1.29, 1.82) is 0 Å². The van der Waals surface area contributed by atoms with Crippen LogP contribution >= 0.6 is 0 Å². The maximum absolute atomic E-state index is 3.39. The average molecular weight is 304 g/mol. The van der Waals surface area contributed by atoms with Gasteiger partial charge >= 0.3 is 0 Å². The Labute approximate surface area is 138 Å². The standard InChI is InChI=1S/C21H24N2/c1-2-6-17(7-3-1)14-18-10-12-23(13-11-18)16-19-15-22-21-9-5-4-8-20(19)21/h1-9,15,18,22H,10-14,16H2. The maximum atomic E-state index is 3.39. The third-order valence-corrected chi connectivity index (χ3v) is 5.14. The zero-order valence-corrected chi connectivity index (χ0v) is 13.5. The molecule has 0 spiro atoms. The Bertz CT molecular complexity index is 752. The van der Waals surface area contributed by atoms with E-state index in [4.69, 9.17) is 0 Å². The van der Waals surface area contributed by atoms with Crippen molar-refractivity contribution < 1.29 is 0 Å². The second kappa shape index (κ2) is 6.59. The van der Waals surface area contributed by atoms with E-state index in [0.717, 1.165) is 12.5 Å². The van der Waals surface area contributed by atoms with E-state index in [1.807, 2.05) is 0 Å². The average Bonchev–Trinajstić information content (AvgIpc) is 3.01. The lowest BCUT2D eigenvalue weighted by Crippen LogP contribution is -2.33. The quantitative estimate of drug-likeness (QED) is 0.745. The summed E-state index contributed by atoms with van der Waals surface area (Å²) in [7, 11) is 0. The van der Waals surface area contributed by atoms with Crippen molar-refractivity contribution in [3.63, 3.8) is 0 Å². The van der Waals surface area contributed by atoms with Crippen LogP contribution < -0.4 is 0 Å². The van der Waals surface area contributed by atoms with Gasteiger partial charge in [0.2, 0.25) is 0 Å². The molecule has 0 radical (unpaired) electrons. The van der Waals surface area contributed by atoms with Crippen LogP contribution in [0.5, 0.6) is 0 Å². The Morgan fingerprint density at radius 2 is 1.65 bits per heavy atom. The van der Waals surface area contributed by atoms with E-state index in [1.54, 1.807) is 0 Å². The number of piperidine rings is 1. The molecule has 1 aliphatic rings. The van der Waals surface area contributed by atoms with Gasteiger partial charge in [-0.15, -0.1) is 0 Å². The normalized spacial score (nSPS) is 16.9. The van der Waals surface area contributed by atoms with Crippen LogP contribution in [0.4, 0.5) is 0 Å². The highest BCUT2D eigenvalue weighted by Crippen LogP contribution is 2.25. The fourth-order valence-electron chi connectivity index (χ4n) is 3.80. The van der Waals surface area contributed by atoms with Crippen molar-refractivity contribution >= 4 is 10.9 Å². The van der Waals surface area contributed by atoms with Crippen LogP contribution in [0, 0.1) is 5.92 Å². The van der Waals surface area contributed by atoms with Crippen LogP contribution in [-0.2, 0) is 13.0 Å². The second-order valence-electron chi connectivity index (χ2n) is 6.77. The summed E-state index contributed by atoms with van der Waals surface area (Å²) in [6, 6.07) is 19.5. The number of nitrogens with one attached hydrogen (secondary N) is 1. The predicted octanol–water partition coefficient (Wildman–Crippen LogP) is 4.62. The Balaban J connectivity index is 1.35. The number of hydrogen-bond acceptors (Lipinski definition) is 1. The summed E-state index contributed by atoms with van der Waals surface area (Å²) < 4.78 is 0. The zero-order valence-electron chi connectivity index (χ0n) is 13.5. The Morgan fingerprint density at radius 3 is 2.48 bits per heavy atom. The van der Waals surface area contributed by atoms with Gasteiger partial charge in [-0.05, 0) is 55.5 Å². The minimum absolute atomic E-state index is 0.844. The van der Waals surface area contributed by atoms with Crippen molar-refractivity contribution in [3.8, 4) is 0 Å². The number of rotatable bonds is 4. The lowest BCUT2D eigenvalue weighted by atomic mass is 9.90. The highest BCUT2D eigenvalue weighted by Gasteiger charge is 2.20. The summed E-state index contributed by atoms with van der Waals surface area (Å²) in [5.74, 6) is 0.844. The van der Waals surface area contributed by atoms with Gasteiger partial charge in [0.1, 0.15) is 0 Å². The lowest BCUT2D eigenvalue weighted by Gasteiger charge is -2.32. The molecular formula is C21H24N2. The Kier molecular flexibility index (Phi) is 4.16. The molecule has 0 bridgehead atoms. The molecular weight excluding hydrogens is 280 g/mol. The summed E-state index contributed by atoms with van der Waals surface area (Å²) >= 11 is 0. The molecule has 0 aliphatic carbocycles. The van der Waals surface area contributed by atoms with Crippen molar-refractivity contribution in [2.45, 2.75) is 25.8 Å². The molecule has 118 valence electrons. The van der Waals surface area contributed by atoms with E-state index < -0.39 is 0 Å². The predicted molar refractivity (Wildman–Crippen MR) is 96.4 cm³/mol. The van der Waals surface area contributed by atoms with E-state index in [0.29, 0.717) is 0 Å². The molecule has 3 aromatic rings. The summed E-state index contributed by atoms with van der Waals surface area (Å²) in [6.07, 6.45) is 6.05. The third kappa shape index (κ3) is 3.32. The molecule has 1 saturated heterocycles. The van der Waals surface area contributed by atoms with Gasteiger partial charge in [-0.1, -0.05) is 48.5 Å². The first-order chi connectivity index (χ1) is 11.4. The maximum Gasteiger partial charge on any atom is 0.0457 e. The van der Waals surface area contributed by atoms with Gasteiger partial charge in [-0.3, -0.25) is 4.90 Å². The van der Waals surface area contributed by atoms with Crippen LogP contribution in [-0.4, -0.2) is 23.0 Å². The number of aromatic amines is 1. The Morgan fingerprint density at radius 1 is 0.913 bits per heavy atom. The number of para-hydroxylation sites is 1. The first kappa shape index (κ1) is 14.5. The fourth-order valence-corrected chi connectivity index (χ4v) is 3.80. The Hall–Kier alpha value is -2.06. The van der Waals surface area contributed by atoms with E-state index in [1.165, 1.54) is 54.4 Å². The molecule has 4 rings (SSSR count). The highest BCUT2D eigenvalue weighted by molar-refractivity contribution is 5.82. The number of hydrogen-bond donors (Lipinski definition) is 1. The summed E-state index contributed by atoms with van der Waals surface area (Å²) in [6.45, 7) is 3.51. The number of H-pyrrole nitrogens is 1. The third-order valence-electron chi connectivity index (χ3n) is 5.14. The first-order valence-corrected chi connectivity index (χ1v) is 8.70. The van der Waals surface area contributed by atoms with E-state index >= 15 is 0 Å². The van der Waals surface area contributed by atoms with E-state index in [-0.39, 0.29) is 0 Å². The molecule has 1 fully saturated rings. The van der Waals surface area contributed by atoms with Crippen LogP contribution in [0.25, 0.3) is 10.9 Å². The lowest BCUT2D eigenvalue weighted by molar-refractivity contribution is 0.177.